The summed E-state index contributed by atoms with van der Waals surface area (Å²) in [4.78, 5) is 24.7. The Balaban J connectivity index is 2.41. The predicted molar refractivity (Wildman–Crippen MR) is 83.8 cm³/mol. The maximum atomic E-state index is 11.8. The van der Waals surface area contributed by atoms with Gasteiger partial charge in [-0.2, -0.15) is 0 Å². The maximum absolute atomic E-state index is 11.8. The van der Waals surface area contributed by atoms with Crippen LogP contribution in [-0.4, -0.2) is 63.7 Å². The average Bonchev–Trinajstić information content (AvgIpc) is 2.45. The van der Waals surface area contributed by atoms with Crippen molar-refractivity contribution in [1.82, 2.24) is 20.3 Å². The minimum absolute atomic E-state index is 0.140. The zero-order valence-electron chi connectivity index (χ0n) is 13.4. The van der Waals surface area contributed by atoms with Crippen molar-refractivity contribution in [2.24, 2.45) is 5.92 Å². The number of piperidine rings is 1. The molecule has 0 aromatic rings. The van der Waals surface area contributed by atoms with E-state index in [0.717, 1.165) is 19.4 Å². The van der Waals surface area contributed by atoms with Crippen molar-refractivity contribution < 1.29 is 18.0 Å². The number of carbonyl (C=O) groups excluding carboxylic acids is 2. The summed E-state index contributed by atoms with van der Waals surface area (Å²) in [6.45, 7) is 5.21. The van der Waals surface area contributed by atoms with Gasteiger partial charge in [0.1, 0.15) is 0 Å². The molecule has 9 heteroatoms. The van der Waals surface area contributed by atoms with E-state index in [1.54, 1.807) is 13.8 Å². The van der Waals surface area contributed by atoms with Crippen LogP contribution in [0.3, 0.4) is 0 Å². The molecule has 0 aromatic heterocycles. The van der Waals surface area contributed by atoms with Gasteiger partial charge in [0.05, 0.1) is 11.8 Å². The van der Waals surface area contributed by atoms with Crippen molar-refractivity contribution in [3.63, 3.8) is 0 Å². The SMILES string of the molecule is CNC(=O)NC(=O)CN1CCC[C@H](CNS(=O)(=O)C(C)C)C1. The number of nitrogens with one attached hydrogen (secondary N) is 3. The molecule has 1 rings (SSSR count). The Morgan fingerprint density at radius 3 is 2.59 bits per heavy atom. The standard InChI is InChI=1S/C13H26N4O4S/c1-10(2)22(20,21)15-7-11-5-4-6-17(8-11)9-12(18)16-13(19)14-3/h10-11,15H,4-9H2,1-3H3,(H2,14,16,18,19)/t11-/m1/s1. The van der Waals surface area contributed by atoms with Crippen molar-refractivity contribution in [3.8, 4) is 0 Å². The summed E-state index contributed by atoms with van der Waals surface area (Å²) in [5.74, 6) is -0.183. The van der Waals surface area contributed by atoms with Crippen LogP contribution in [0.15, 0.2) is 0 Å². The van der Waals surface area contributed by atoms with E-state index < -0.39 is 21.3 Å². The number of hydrogen-bond acceptors (Lipinski definition) is 5. The van der Waals surface area contributed by atoms with E-state index in [1.807, 2.05) is 4.90 Å². The summed E-state index contributed by atoms with van der Waals surface area (Å²) < 4.78 is 26.1. The molecule has 0 bridgehead atoms. The lowest BCUT2D eigenvalue weighted by molar-refractivity contribution is -0.121. The topological polar surface area (TPSA) is 108 Å². The van der Waals surface area contributed by atoms with Crippen LogP contribution in [0.5, 0.6) is 0 Å². The van der Waals surface area contributed by atoms with Crippen LogP contribution in [0.4, 0.5) is 4.79 Å². The molecule has 0 saturated carbocycles. The molecule has 8 nitrogen and oxygen atoms in total. The Hall–Kier alpha value is -1.19. The summed E-state index contributed by atoms with van der Waals surface area (Å²) in [6, 6.07) is -0.525. The lowest BCUT2D eigenvalue weighted by Gasteiger charge is -2.32. The van der Waals surface area contributed by atoms with Gasteiger partial charge in [0, 0.05) is 20.1 Å². The van der Waals surface area contributed by atoms with E-state index in [-0.39, 0.29) is 18.4 Å². The van der Waals surface area contributed by atoms with Gasteiger partial charge in [-0.15, -0.1) is 0 Å². The summed E-state index contributed by atoms with van der Waals surface area (Å²) >= 11 is 0. The average molecular weight is 334 g/mol. The first-order valence-electron chi connectivity index (χ1n) is 7.47. The Labute approximate surface area is 132 Å². The van der Waals surface area contributed by atoms with Gasteiger partial charge in [0.2, 0.25) is 15.9 Å². The van der Waals surface area contributed by atoms with Crippen molar-refractivity contribution in [1.29, 1.82) is 0 Å². The van der Waals surface area contributed by atoms with E-state index >= 15 is 0 Å². The van der Waals surface area contributed by atoms with Gasteiger partial charge >= 0.3 is 6.03 Å². The number of nitrogens with zero attached hydrogens (tertiary/aromatic N) is 1. The highest BCUT2D eigenvalue weighted by atomic mass is 32.2. The smallest absolute Gasteiger partial charge is 0.321 e. The van der Waals surface area contributed by atoms with E-state index in [1.165, 1.54) is 7.05 Å². The Kier molecular flexibility index (Phi) is 7.24. The molecular formula is C13H26N4O4S. The zero-order chi connectivity index (χ0) is 16.8. The second kappa shape index (κ2) is 8.44. The molecule has 22 heavy (non-hydrogen) atoms. The molecule has 1 saturated heterocycles. The van der Waals surface area contributed by atoms with Gasteiger partial charge < -0.3 is 5.32 Å². The highest BCUT2D eigenvalue weighted by Crippen LogP contribution is 2.16. The Morgan fingerprint density at radius 2 is 2.00 bits per heavy atom. The second-order valence-electron chi connectivity index (χ2n) is 5.81. The Morgan fingerprint density at radius 1 is 1.32 bits per heavy atom. The minimum Gasteiger partial charge on any atom is -0.341 e. The highest BCUT2D eigenvalue weighted by Gasteiger charge is 2.24. The van der Waals surface area contributed by atoms with Crippen LogP contribution < -0.4 is 15.4 Å². The van der Waals surface area contributed by atoms with Gasteiger partial charge in [-0.05, 0) is 39.2 Å². The fourth-order valence-electron chi connectivity index (χ4n) is 2.29. The van der Waals surface area contributed by atoms with E-state index in [9.17, 15) is 18.0 Å². The normalized spacial score (nSPS) is 19.9. The molecule has 1 aliphatic rings. The summed E-state index contributed by atoms with van der Waals surface area (Å²) in [7, 11) is -1.81. The first-order chi connectivity index (χ1) is 10.2. The number of rotatable bonds is 6. The van der Waals surface area contributed by atoms with Gasteiger partial charge in [-0.3, -0.25) is 15.0 Å². The van der Waals surface area contributed by atoms with Gasteiger partial charge in [0.25, 0.3) is 0 Å². The zero-order valence-corrected chi connectivity index (χ0v) is 14.2. The number of likely N-dealkylation sites (tertiary alicyclic amines) is 1. The number of imide groups is 1. The molecule has 1 aliphatic heterocycles. The molecule has 0 aromatic carbocycles. The minimum atomic E-state index is -3.26. The van der Waals surface area contributed by atoms with Crippen LogP contribution in [0, 0.1) is 5.92 Å². The first-order valence-corrected chi connectivity index (χ1v) is 9.01. The lowest BCUT2D eigenvalue weighted by Crippen LogP contribution is -2.47. The molecule has 0 spiro atoms. The van der Waals surface area contributed by atoms with E-state index in [0.29, 0.717) is 13.1 Å². The van der Waals surface area contributed by atoms with Crippen molar-refractivity contribution in [3.05, 3.63) is 0 Å². The van der Waals surface area contributed by atoms with Crippen LogP contribution in [0.1, 0.15) is 26.7 Å². The third-order valence-corrected chi connectivity index (χ3v) is 5.45. The fourth-order valence-corrected chi connectivity index (χ4v) is 3.10. The lowest BCUT2D eigenvalue weighted by atomic mass is 9.98. The molecule has 0 aliphatic carbocycles. The molecular weight excluding hydrogens is 308 g/mol. The maximum Gasteiger partial charge on any atom is 0.321 e. The second-order valence-corrected chi connectivity index (χ2v) is 8.13. The van der Waals surface area contributed by atoms with Crippen LogP contribution in [0.25, 0.3) is 0 Å². The molecule has 1 heterocycles. The van der Waals surface area contributed by atoms with Gasteiger partial charge in [0.15, 0.2) is 0 Å². The van der Waals surface area contributed by atoms with Crippen molar-refractivity contribution in [2.45, 2.75) is 31.9 Å². The predicted octanol–water partition coefficient (Wildman–Crippen LogP) is -0.518. The summed E-state index contributed by atoms with van der Waals surface area (Å²) in [5, 5.41) is 4.09. The van der Waals surface area contributed by atoms with Gasteiger partial charge in [-0.25, -0.2) is 17.9 Å². The number of carbonyl (C=O) groups is 2. The molecule has 128 valence electrons. The van der Waals surface area contributed by atoms with Crippen LogP contribution in [0.2, 0.25) is 0 Å². The molecule has 3 amide bonds. The number of urea groups is 1. The highest BCUT2D eigenvalue weighted by molar-refractivity contribution is 7.90. The quantitative estimate of drug-likeness (QED) is 0.606. The van der Waals surface area contributed by atoms with Crippen LogP contribution in [-0.2, 0) is 14.8 Å². The van der Waals surface area contributed by atoms with E-state index in [2.05, 4.69) is 15.4 Å². The first kappa shape index (κ1) is 18.9. The number of amides is 3. The molecule has 1 atom stereocenters. The van der Waals surface area contributed by atoms with Crippen molar-refractivity contribution in [2.75, 3.05) is 33.2 Å². The van der Waals surface area contributed by atoms with Crippen molar-refractivity contribution >= 4 is 22.0 Å². The third-order valence-electron chi connectivity index (χ3n) is 3.64. The van der Waals surface area contributed by atoms with Gasteiger partial charge in [-0.1, -0.05) is 0 Å². The monoisotopic (exact) mass is 334 g/mol. The fraction of sp³-hybridized carbons (Fsp3) is 0.846. The number of hydrogen-bond donors (Lipinski definition) is 3. The third kappa shape index (κ3) is 6.29. The number of sulfonamides is 1. The molecule has 3 N–H and O–H groups in total. The van der Waals surface area contributed by atoms with E-state index in [4.69, 9.17) is 0 Å². The molecule has 1 fully saturated rings. The summed E-state index contributed by atoms with van der Waals surface area (Å²) in [5.41, 5.74) is 0. The van der Waals surface area contributed by atoms with Crippen LogP contribution >= 0.6 is 0 Å². The molecule has 0 unspecified atom stereocenters. The molecule has 0 radical (unpaired) electrons. The summed E-state index contributed by atoms with van der Waals surface area (Å²) in [6.07, 6.45) is 1.83. The Bertz CT molecular complexity index is 492. The largest absolute Gasteiger partial charge is 0.341 e.